The summed E-state index contributed by atoms with van der Waals surface area (Å²) in [5, 5.41) is 8.85. The highest BCUT2D eigenvalue weighted by molar-refractivity contribution is 9.10. The molecule has 0 aliphatic carbocycles. The minimum Gasteiger partial charge on any atom is -0.390 e. The molecule has 0 unspecified atom stereocenters. The van der Waals surface area contributed by atoms with E-state index >= 15 is 0 Å². The molecule has 0 radical (unpaired) electrons. The van der Waals surface area contributed by atoms with Gasteiger partial charge in [0.25, 0.3) is 0 Å². The summed E-state index contributed by atoms with van der Waals surface area (Å²) in [6.07, 6.45) is 1.43. The Hall–Kier alpha value is -1.27. The van der Waals surface area contributed by atoms with E-state index in [9.17, 15) is 8.78 Å². The van der Waals surface area contributed by atoms with Crippen molar-refractivity contribution in [2.45, 2.75) is 6.61 Å². The van der Waals surface area contributed by atoms with E-state index in [1.54, 1.807) is 0 Å². The molecule has 0 aliphatic heterocycles. The quantitative estimate of drug-likeness (QED) is 0.835. The number of nitrogens with one attached hydrogen (secondary N) is 1. The topological polar surface area (TPSA) is 48.9 Å². The molecule has 1 aromatic heterocycles. The molecule has 3 nitrogen and oxygen atoms in total. The van der Waals surface area contributed by atoms with Crippen LogP contribution in [0.25, 0.3) is 11.4 Å². The average Bonchev–Trinajstić information content (AvgIpc) is 2.74. The summed E-state index contributed by atoms with van der Waals surface area (Å²) < 4.78 is 26.1. The van der Waals surface area contributed by atoms with Crippen LogP contribution in [0.3, 0.4) is 0 Å². The Balaban J connectivity index is 2.52. The fourth-order valence-corrected chi connectivity index (χ4v) is 1.79. The summed E-state index contributed by atoms with van der Waals surface area (Å²) in [7, 11) is 0. The molecule has 1 aromatic carbocycles. The molecule has 2 N–H and O–H groups in total. The van der Waals surface area contributed by atoms with Crippen LogP contribution in [0.1, 0.15) is 5.69 Å². The maximum atomic E-state index is 13.3. The van der Waals surface area contributed by atoms with Crippen molar-refractivity contribution in [1.82, 2.24) is 9.97 Å². The van der Waals surface area contributed by atoms with Gasteiger partial charge in [-0.25, -0.2) is 13.8 Å². The lowest BCUT2D eigenvalue weighted by Gasteiger charge is -2.02. The van der Waals surface area contributed by atoms with Gasteiger partial charge in [-0.1, -0.05) is 0 Å². The zero-order valence-electron chi connectivity index (χ0n) is 7.97. The van der Waals surface area contributed by atoms with Crippen molar-refractivity contribution in [3.8, 4) is 11.4 Å². The van der Waals surface area contributed by atoms with Crippen LogP contribution in [0.2, 0.25) is 0 Å². The first-order valence-electron chi connectivity index (χ1n) is 4.42. The third kappa shape index (κ3) is 1.85. The van der Waals surface area contributed by atoms with E-state index < -0.39 is 11.6 Å². The lowest BCUT2D eigenvalue weighted by molar-refractivity contribution is 0.277. The van der Waals surface area contributed by atoms with Gasteiger partial charge in [-0.15, -0.1) is 0 Å². The molecular weight excluding hydrogens is 282 g/mol. The number of aliphatic hydroxyl groups excluding tert-OH is 1. The van der Waals surface area contributed by atoms with E-state index in [1.165, 1.54) is 12.3 Å². The first kappa shape index (κ1) is 11.2. The average molecular weight is 289 g/mol. The largest absolute Gasteiger partial charge is 0.390 e. The van der Waals surface area contributed by atoms with Crippen molar-refractivity contribution in [2.24, 2.45) is 0 Å². The highest BCUT2D eigenvalue weighted by atomic mass is 79.9. The van der Waals surface area contributed by atoms with Crippen LogP contribution in [0, 0.1) is 11.6 Å². The van der Waals surface area contributed by atoms with E-state index in [4.69, 9.17) is 5.11 Å². The summed E-state index contributed by atoms with van der Waals surface area (Å²) in [6.45, 7) is -0.186. The number of aromatic nitrogens is 2. The molecule has 0 amide bonds. The summed E-state index contributed by atoms with van der Waals surface area (Å²) >= 11 is 2.96. The van der Waals surface area contributed by atoms with E-state index in [0.29, 0.717) is 17.1 Å². The molecule has 0 spiro atoms. The molecule has 0 bridgehead atoms. The summed E-state index contributed by atoms with van der Waals surface area (Å²) in [4.78, 5) is 6.74. The molecule has 2 rings (SSSR count). The number of halogens is 3. The maximum Gasteiger partial charge on any atom is 0.173 e. The van der Waals surface area contributed by atoms with Crippen molar-refractivity contribution in [3.05, 3.63) is 40.1 Å². The van der Waals surface area contributed by atoms with Gasteiger partial charge in [0.15, 0.2) is 11.6 Å². The number of imidazole rings is 1. The second-order valence-corrected chi connectivity index (χ2v) is 3.93. The Labute approximate surface area is 98.3 Å². The number of rotatable bonds is 2. The Bertz CT molecular complexity index is 528. The fourth-order valence-electron chi connectivity index (χ4n) is 1.29. The lowest BCUT2D eigenvalue weighted by Crippen LogP contribution is -1.91. The molecule has 0 saturated carbocycles. The summed E-state index contributed by atoms with van der Waals surface area (Å²) in [5.74, 6) is -1.51. The van der Waals surface area contributed by atoms with Gasteiger partial charge in [-0.05, 0) is 28.1 Å². The second kappa shape index (κ2) is 4.31. The predicted octanol–water partition coefficient (Wildman–Crippen LogP) is 2.61. The first-order valence-corrected chi connectivity index (χ1v) is 5.21. The van der Waals surface area contributed by atoms with Crippen LogP contribution in [0.4, 0.5) is 8.78 Å². The normalized spacial score (nSPS) is 10.8. The van der Waals surface area contributed by atoms with Gasteiger partial charge in [0, 0.05) is 5.56 Å². The van der Waals surface area contributed by atoms with E-state index in [-0.39, 0.29) is 11.1 Å². The van der Waals surface area contributed by atoms with Gasteiger partial charge in [0.2, 0.25) is 0 Å². The van der Waals surface area contributed by atoms with Crippen LogP contribution in [0.15, 0.2) is 22.8 Å². The van der Waals surface area contributed by atoms with Crippen LogP contribution in [-0.4, -0.2) is 15.1 Å². The molecule has 84 valence electrons. The minimum absolute atomic E-state index is 0.00587. The van der Waals surface area contributed by atoms with E-state index in [1.807, 2.05) is 0 Å². The number of aromatic amines is 1. The molecule has 6 heteroatoms. The monoisotopic (exact) mass is 288 g/mol. The summed E-state index contributed by atoms with van der Waals surface area (Å²) in [5.41, 5.74) is 0.908. The molecule has 0 aliphatic rings. The van der Waals surface area contributed by atoms with Gasteiger partial charge >= 0.3 is 0 Å². The molecule has 2 aromatic rings. The predicted molar refractivity (Wildman–Crippen MR) is 57.6 cm³/mol. The number of nitrogens with zero attached hydrogens (tertiary/aromatic N) is 1. The fraction of sp³-hybridized carbons (Fsp3) is 0.100. The van der Waals surface area contributed by atoms with Gasteiger partial charge in [0.1, 0.15) is 5.82 Å². The number of aliphatic hydroxyl groups is 1. The van der Waals surface area contributed by atoms with E-state index in [2.05, 4.69) is 25.9 Å². The Morgan fingerprint density at radius 3 is 2.75 bits per heavy atom. The van der Waals surface area contributed by atoms with Gasteiger partial charge in [-0.2, -0.15) is 0 Å². The molecule has 0 fully saturated rings. The van der Waals surface area contributed by atoms with Crippen LogP contribution in [-0.2, 0) is 6.61 Å². The minimum atomic E-state index is -0.959. The van der Waals surface area contributed by atoms with Crippen LogP contribution in [0.5, 0.6) is 0 Å². The highest BCUT2D eigenvalue weighted by Gasteiger charge is 2.14. The van der Waals surface area contributed by atoms with Crippen LogP contribution < -0.4 is 0 Å². The molecule has 16 heavy (non-hydrogen) atoms. The van der Waals surface area contributed by atoms with Crippen molar-refractivity contribution in [2.75, 3.05) is 0 Å². The lowest BCUT2D eigenvalue weighted by atomic mass is 10.2. The third-order valence-corrected chi connectivity index (χ3v) is 2.86. The number of hydrogen-bond donors (Lipinski definition) is 2. The molecule has 1 heterocycles. The standard InChI is InChI=1S/C10H7BrF2N2O/c11-8-6(1-2-7(12)9(8)13)10-14-3-5(4-16)15-10/h1-3,16H,4H2,(H,14,15). The van der Waals surface area contributed by atoms with Crippen molar-refractivity contribution < 1.29 is 13.9 Å². The van der Waals surface area contributed by atoms with Crippen LogP contribution >= 0.6 is 15.9 Å². The smallest absolute Gasteiger partial charge is 0.173 e. The maximum absolute atomic E-state index is 13.3. The molecule has 0 atom stereocenters. The van der Waals surface area contributed by atoms with Crippen molar-refractivity contribution >= 4 is 15.9 Å². The van der Waals surface area contributed by atoms with Gasteiger partial charge < -0.3 is 10.1 Å². The zero-order valence-corrected chi connectivity index (χ0v) is 9.55. The molecular formula is C10H7BrF2N2O. The van der Waals surface area contributed by atoms with Crippen molar-refractivity contribution in [3.63, 3.8) is 0 Å². The molecule has 0 saturated heterocycles. The Morgan fingerprint density at radius 2 is 2.12 bits per heavy atom. The third-order valence-electron chi connectivity index (χ3n) is 2.09. The van der Waals surface area contributed by atoms with E-state index in [0.717, 1.165) is 6.07 Å². The number of H-pyrrole nitrogens is 1. The SMILES string of the molecule is OCc1cnc(-c2ccc(F)c(F)c2Br)[nH]1. The Morgan fingerprint density at radius 1 is 1.38 bits per heavy atom. The Kier molecular flexibility index (Phi) is 3.02. The number of benzene rings is 1. The zero-order chi connectivity index (χ0) is 11.7. The summed E-state index contributed by atoms with van der Waals surface area (Å²) in [6, 6.07) is 2.43. The number of hydrogen-bond acceptors (Lipinski definition) is 2. The van der Waals surface area contributed by atoms with Gasteiger partial charge in [-0.3, -0.25) is 0 Å². The van der Waals surface area contributed by atoms with Crippen molar-refractivity contribution in [1.29, 1.82) is 0 Å². The first-order chi connectivity index (χ1) is 7.63. The highest BCUT2D eigenvalue weighted by Crippen LogP contribution is 2.29. The van der Waals surface area contributed by atoms with Gasteiger partial charge in [0.05, 0.1) is 23.0 Å². The second-order valence-electron chi connectivity index (χ2n) is 3.14.